The molecular formula is C12H10BrF3N2OS. The van der Waals surface area contributed by atoms with Crippen LogP contribution in [0, 0.1) is 0 Å². The number of halogens is 4. The summed E-state index contributed by atoms with van der Waals surface area (Å²) in [5.41, 5.74) is 3.18. The quantitative estimate of drug-likeness (QED) is 0.635. The smallest absolute Gasteiger partial charge is 0.406 e. The van der Waals surface area contributed by atoms with E-state index in [0.717, 1.165) is 8.66 Å². The molecule has 0 radical (unpaired) electrons. The van der Waals surface area contributed by atoms with Crippen LogP contribution in [0.1, 0.15) is 16.5 Å². The lowest BCUT2D eigenvalue weighted by molar-refractivity contribution is -0.274. The summed E-state index contributed by atoms with van der Waals surface area (Å²) in [7, 11) is 0. The number of hydrazine groups is 1. The zero-order valence-corrected chi connectivity index (χ0v) is 12.3. The lowest BCUT2D eigenvalue weighted by atomic mass is 10.1. The summed E-state index contributed by atoms with van der Waals surface area (Å²) in [4.78, 5) is 0.878. The van der Waals surface area contributed by atoms with Gasteiger partial charge in [0.05, 0.1) is 9.83 Å². The summed E-state index contributed by atoms with van der Waals surface area (Å²) in [6.45, 7) is 0. The van der Waals surface area contributed by atoms with Gasteiger partial charge in [0.1, 0.15) is 5.75 Å². The van der Waals surface area contributed by atoms with Gasteiger partial charge in [0, 0.05) is 4.88 Å². The molecular weight excluding hydrogens is 357 g/mol. The Hall–Kier alpha value is -1.09. The van der Waals surface area contributed by atoms with Crippen LogP contribution in [0.4, 0.5) is 13.2 Å². The van der Waals surface area contributed by atoms with E-state index in [9.17, 15) is 13.2 Å². The average molecular weight is 367 g/mol. The molecule has 2 rings (SSSR count). The third kappa shape index (κ3) is 3.95. The summed E-state index contributed by atoms with van der Waals surface area (Å²) in [5, 5.41) is 0. The molecule has 108 valence electrons. The molecule has 0 saturated carbocycles. The van der Waals surface area contributed by atoms with E-state index < -0.39 is 12.4 Å². The summed E-state index contributed by atoms with van der Waals surface area (Å²) < 4.78 is 41.5. The first kappa shape index (κ1) is 15.3. The van der Waals surface area contributed by atoms with Crippen LogP contribution in [0.5, 0.6) is 5.75 Å². The molecule has 8 heteroatoms. The van der Waals surface area contributed by atoms with Gasteiger partial charge in [-0.2, -0.15) is 0 Å². The Kier molecular flexibility index (Phi) is 4.69. The number of alkyl halides is 3. The van der Waals surface area contributed by atoms with E-state index in [0.29, 0.717) is 5.56 Å². The number of thiophene rings is 1. The van der Waals surface area contributed by atoms with E-state index >= 15 is 0 Å². The van der Waals surface area contributed by atoms with Gasteiger partial charge in [0.2, 0.25) is 0 Å². The number of hydrogen-bond donors (Lipinski definition) is 2. The third-order valence-electron chi connectivity index (χ3n) is 2.47. The second kappa shape index (κ2) is 6.13. The Labute approximate surface area is 125 Å². The van der Waals surface area contributed by atoms with Crippen LogP contribution in [0.3, 0.4) is 0 Å². The predicted octanol–water partition coefficient (Wildman–Crippen LogP) is 3.96. The van der Waals surface area contributed by atoms with Gasteiger partial charge in [-0.3, -0.25) is 5.84 Å². The maximum atomic E-state index is 12.2. The van der Waals surface area contributed by atoms with Gasteiger partial charge in [0.25, 0.3) is 0 Å². The molecule has 0 aliphatic heterocycles. The van der Waals surface area contributed by atoms with Crippen LogP contribution in [0.15, 0.2) is 40.2 Å². The van der Waals surface area contributed by atoms with Gasteiger partial charge in [0.15, 0.2) is 0 Å². The number of ether oxygens (including phenoxy) is 1. The van der Waals surface area contributed by atoms with E-state index in [2.05, 4.69) is 26.1 Å². The van der Waals surface area contributed by atoms with Crippen LogP contribution in [0.2, 0.25) is 0 Å². The predicted molar refractivity (Wildman–Crippen MR) is 74.3 cm³/mol. The summed E-state index contributed by atoms with van der Waals surface area (Å²) in [6.07, 6.45) is -4.71. The Morgan fingerprint density at radius 1 is 1.25 bits per heavy atom. The Morgan fingerprint density at radius 2 is 2.00 bits per heavy atom. The third-order valence-corrected chi connectivity index (χ3v) is 4.16. The fourth-order valence-electron chi connectivity index (χ4n) is 1.72. The van der Waals surface area contributed by atoms with Crippen molar-refractivity contribution in [2.75, 3.05) is 0 Å². The van der Waals surface area contributed by atoms with Crippen molar-refractivity contribution in [1.29, 1.82) is 0 Å². The highest BCUT2D eigenvalue weighted by molar-refractivity contribution is 9.11. The molecule has 1 aromatic carbocycles. The fourth-order valence-corrected chi connectivity index (χ4v) is 3.23. The largest absolute Gasteiger partial charge is 0.573 e. The van der Waals surface area contributed by atoms with Crippen LogP contribution >= 0.6 is 27.3 Å². The standard InChI is InChI=1S/C12H10BrF3N2OS/c13-10-5-4-9(20-10)11(18-17)7-2-1-3-8(6-7)19-12(14,15)16/h1-6,11,18H,17H2. The van der Waals surface area contributed by atoms with Crippen molar-refractivity contribution >= 4 is 27.3 Å². The SMILES string of the molecule is NNC(c1cccc(OC(F)(F)F)c1)c1ccc(Br)s1. The number of hydrogen-bond acceptors (Lipinski definition) is 4. The van der Waals surface area contributed by atoms with Gasteiger partial charge in [-0.1, -0.05) is 12.1 Å². The zero-order chi connectivity index (χ0) is 14.8. The minimum atomic E-state index is -4.71. The molecule has 1 unspecified atom stereocenters. The molecule has 20 heavy (non-hydrogen) atoms. The molecule has 1 aromatic heterocycles. The van der Waals surface area contributed by atoms with Crippen LogP contribution in [0.25, 0.3) is 0 Å². The first-order valence-corrected chi connectivity index (χ1v) is 7.07. The molecule has 0 aliphatic rings. The van der Waals surface area contributed by atoms with E-state index in [1.54, 1.807) is 6.07 Å². The van der Waals surface area contributed by atoms with Crippen molar-refractivity contribution in [2.45, 2.75) is 12.4 Å². The molecule has 0 spiro atoms. The number of rotatable bonds is 4. The Morgan fingerprint density at radius 3 is 2.55 bits per heavy atom. The van der Waals surface area contributed by atoms with Gasteiger partial charge in [-0.05, 0) is 45.8 Å². The second-order valence-electron chi connectivity index (χ2n) is 3.86. The highest BCUT2D eigenvalue weighted by atomic mass is 79.9. The van der Waals surface area contributed by atoms with Gasteiger partial charge in [-0.15, -0.1) is 24.5 Å². The summed E-state index contributed by atoms with van der Waals surface area (Å²) in [6, 6.07) is 9.02. The van der Waals surface area contributed by atoms with Crippen molar-refractivity contribution in [1.82, 2.24) is 5.43 Å². The molecule has 1 atom stereocenters. The second-order valence-corrected chi connectivity index (χ2v) is 6.36. The average Bonchev–Trinajstić information content (AvgIpc) is 2.75. The molecule has 3 N–H and O–H groups in total. The van der Waals surface area contributed by atoms with E-state index in [4.69, 9.17) is 5.84 Å². The number of nitrogens with two attached hydrogens (primary N) is 1. The highest BCUT2D eigenvalue weighted by Crippen LogP contribution is 2.32. The number of benzene rings is 1. The summed E-state index contributed by atoms with van der Waals surface area (Å²) >= 11 is 4.78. The van der Waals surface area contributed by atoms with E-state index in [-0.39, 0.29) is 5.75 Å². The first-order chi connectivity index (χ1) is 9.39. The lowest BCUT2D eigenvalue weighted by Gasteiger charge is -2.16. The van der Waals surface area contributed by atoms with Crippen molar-refractivity contribution in [3.8, 4) is 5.75 Å². The molecule has 1 heterocycles. The maximum absolute atomic E-state index is 12.2. The zero-order valence-electron chi connectivity index (χ0n) is 9.95. The topological polar surface area (TPSA) is 47.3 Å². The maximum Gasteiger partial charge on any atom is 0.573 e. The van der Waals surface area contributed by atoms with Crippen LogP contribution < -0.4 is 16.0 Å². The number of nitrogens with one attached hydrogen (secondary N) is 1. The minimum Gasteiger partial charge on any atom is -0.406 e. The molecule has 0 aliphatic carbocycles. The Balaban J connectivity index is 2.29. The monoisotopic (exact) mass is 366 g/mol. The van der Waals surface area contributed by atoms with Crippen LogP contribution in [-0.4, -0.2) is 6.36 Å². The van der Waals surface area contributed by atoms with Crippen molar-refractivity contribution < 1.29 is 17.9 Å². The molecule has 0 fully saturated rings. The molecule has 0 saturated heterocycles. The minimum absolute atomic E-state index is 0.272. The van der Waals surface area contributed by atoms with Crippen molar-refractivity contribution in [3.05, 3.63) is 50.6 Å². The van der Waals surface area contributed by atoms with Crippen molar-refractivity contribution in [2.24, 2.45) is 5.84 Å². The van der Waals surface area contributed by atoms with Gasteiger partial charge < -0.3 is 4.74 Å². The molecule has 3 nitrogen and oxygen atoms in total. The van der Waals surface area contributed by atoms with Crippen LogP contribution in [-0.2, 0) is 0 Å². The fraction of sp³-hybridized carbons (Fsp3) is 0.167. The Bertz CT molecular complexity index is 588. The van der Waals surface area contributed by atoms with E-state index in [1.807, 2.05) is 12.1 Å². The van der Waals surface area contributed by atoms with E-state index in [1.165, 1.54) is 29.5 Å². The van der Waals surface area contributed by atoms with Crippen molar-refractivity contribution in [3.63, 3.8) is 0 Å². The lowest BCUT2D eigenvalue weighted by Crippen LogP contribution is -2.28. The molecule has 0 amide bonds. The normalized spacial score (nSPS) is 13.2. The highest BCUT2D eigenvalue weighted by Gasteiger charge is 2.31. The molecule has 0 bridgehead atoms. The molecule has 2 aromatic rings. The first-order valence-electron chi connectivity index (χ1n) is 5.46. The van der Waals surface area contributed by atoms with Gasteiger partial charge >= 0.3 is 6.36 Å². The van der Waals surface area contributed by atoms with Gasteiger partial charge in [-0.25, -0.2) is 5.43 Å². The summed E-state index contributed by atoms with van der Waals surface area (Å²) in [5.74, 6) is 5.23.